The number of halogens is 3. The molecule has 0 radical (unpaired) electrons. The lowest BCUT2D eigenvalue weighted by Crippen LogP contribution is -2.71. The fraction of sp³-hybridized carbons (Fsp3) is 0.580. The number of alkyl carbamates (subject to hydrolysis) is 1. The molecule has 1 heterocycles. The van der Waals surface area contributed by atoms with Crippen molar-refractivity contribution in [1.29, 1.82) is 0 Å². The third-order valence-corrected chi connectivity index (χ3v) is 13.7. The summed E-state index contributed by atoms with van der Waals surface area (Å²) in [5, 5.41) is 21.8. The lowest BCUT2D eigenvalue weighted by Gasteiger charge is -2.58. The number of nitrogens with one attached hydrogen (secondary N) is 1. The Hall–Kier alpha value is -6.18. The molecule has 0 aromatic heterocycles. The standard InChI is InChI=1S/C48H60ClF2N5O13.C2H6/c1-4-19-53(30-33-13-18-39(64-3)31(2)25-33)45(57)41-36(35-14-11-32(12-15-35)10-9-22-65-43-38(51)17-16-37(50)42(43)49)28-48-27-34(29-52-46(58)66-20-5-7-23-68-55(60)61)26-40(48)54(44(41)48)47(59)67-21-6-8-24-69-56(62)63;1-2/h11-18,25,34,36,40-41,44H,4-10,19-24,26-30H2,1-3H3,(H,52,58);1-2H3. The highest BCUT2D eigenvalue weighted by Gasteiger charge is 2.74. The summed E-state index contributed by atoms with van der Waals surface area (Å²) >= 11 is 5.94. The van der Waals surface area contributed by atoms with Crippen molar-refractivity contribution >= 4 is 29.7 Å². The SMILES string of the molecule is CC.CCCN(Cc1ccc(OC)c(C)c1)C(=O)C1C(c2ccc(CCCOc3c(F)ccc(F)c3Cl)cc2)CC23CC(CNC(=O)OCCCCO[N+](=O)[O-])CC2N(C(=O)OCCCCO[N+](=O)[O-])C13. The van der Waals surface area contributed by atoms with Crippen LogP contribution in [0.2, 0.25) is 5.02 Å². The number of carbonyl (C=O) groups excluding carboxylic acids is 3. The first-order valence-electron chi connectivity index (χ1n) is 24.3. The Balaban J connectivity index is 0.00000463. The van der Waals surface area contributed by atoms with Gasteiger partial charge in [-0.05, 0) is 123 Å². The van der Waals surface area contributed by atoms with Crippen molar-refractivity contribution in [2.24, 2.45) is 17.3 Å². The van der Waals surface area contributed by atoms with Crippen LogP contribution in [0.15, 0.2) is 54.6 Å². The minimum absolute atomic E-state index is 0.0185. The molecule has 1 spiro atoms. The Morgan fingerprint density at radius 1 is 0.859 bits per heavy atom. The molecule has 6 atom stereocenters. The van der Waals surface area contributed by atoms with Crippen molar-refractivity contribution in [3.05, 3.63) is 114 Å². The number of hydrogen-bond acceptors (Lipinski definition) is 13. The summed E-state index contributed by atoms with van der Waals surface area (Å²) in [6, 6.07) is 14.8. The second kappa shape index (κ2) is 26.9. The van der Waals surface area contributed by atoms with Crippen molar-refractivity contribution in [2.45, 2.75) is 116 Å². The van der Waals surface area contributed by atoms with E-state index in [1.54, 1.807) is 12.0 Å². The monoisotopic (exact) mass is 1020 g/mol. The average molecular weight is 1020 g/mol. The predicted molar refractivity (Wildman–Crippen MR) is 257 cm³/mol. The molecule has 6 rings (SSSR count). The van der Waals surface area contributed by atoms with E-state index in [4.69, 9.17) is 30.5 Å². The van der Waals surface area contributed by atoms with Crippen molar-refractivity contribution in [2.75, 3.05) is 53.2 Å². The van der Waals surface area contributed by atoms with E-state index in [-0.39, 0.29) is 75.5 Å². The van der Waals surface area contributed by atoms with Crippen molar-refractivity contribution < 1.29 is 62.0 Å². The summed E-state index contributed by atoms with van der Waals surface area (Å²) in [6.07, 6.45) is 3.44. The Morgan fingerprint density at radius 2 is 1.49 bits per heavy atom. The van der Waals surface area contributed by atoms with Crippen LogP contribution >= 0.6 is 11.6 Å². The minimum Gasteiger partial charge on any atom is -0.496 e. The Bertz CT molecular complexity index is 2280. The molecule has 2 aliphatic carbocycles. The van der Waals surface area contributed by atoms with Crippen molar-refractivity contribution in [1.82, 2.24) is 15.1 Å². The van der Waals surface area contributed by atoms with E-state index in [0.29, 0.717) is 70.9 Å². The van der Waals surface area contributed by atoms with Crippen LogP contribution < -0.4 is 14.8 Å². The topological polar surface area (TPSA) is 211 Å². The summed E-state index contributed by atoms with van der Waals surface area (Å²) in [5.41, 5.74) is 3.19. The first kappa shape index (κ1) is 55.7. The number of methoxy groups -OCH3 is 1. The van der Waals surface area contributed by atoms with E-state index in [9.17, 15) is 38.6 Å². The van der Waals surface area contributed by atoms with Gasteiger partial charge in [0.15, 0.2) is 11.6 Å². The number of likely N-dealkylation sites (tertiary alicyclic amines) is 1. The van der Waals surface area contributed by atoms with E-state index < -0.39 is 56.4 Å². The summed E-state index contributed by atoms with van der Waals surface area (Å²) in [4.78, 5) is 75.9. The summed E-state index contributed by atoms with van der Waals surface area (Å²) < 4.78 is 50.5. The summed E-state index contributed by atoms with van der Waals surface area (Å²) in [5.74, 6) is -2.37. The van der Waals surface area contributed by atoms with Gasteiger partial charge >= 0.3 is 12.2 Å². The van der Waals surface area contributed by atoms with Crippen LogP contribution in [0.3, 0.4) is 0 Å². The van der Waals surface area contributed by atoms with E-state index in [0.717, 1.165) is 40.1 Å². The highest BCUT2D eigenvalue weighted by molar-refractivity contribution is 6.32. The van der Waals surface area contributed by atoms with Crippen LogP contribution in [0.4, 0.5) is 18.4 Å². The largest absolute Gasteiger partial charge is 0.496 e. The molecule has 3 aromatic rings. The lowest BCUT2D eigenvalue weighted by atomic mass is 9.66. The third-order valence-electron chi connectivity index (χ3n) is 13.4. The number of rotatable bonds is 26. The fourth-order valence-corrected chi connectivity index (χ4v) is 10.7. The van der Waals surface area contributed by atoms with Gasteiger partial charge in [0, 0.05) is 31.1 Å². The maximum Gasteiger partial charge on any atom is 0.410 e. The molecule has 0 bridgehead atoms. The maximum absolute atomic E-state index is 15.5. The van der Waals surface area contributed by atoms with Gasteiger partial charge in [0.2, 0.25) is 5.91 Å². The van der Waals surface area contributed by atoms with Crippen LogP contribution in [-0.4, -0.2) is 103 Å². The molecule has 1 saturated heterocycles. The molecule has 1 N–H and O–H groups in total. The van der Waals surface area contributed by atoms with Gasteiger partial charge in [-0.1, -0.05) is 68.8 Å². The molecule has 6 unspecified atom stereocenters. The molecule has 3 aromatic carbocycles. The molecule has 390 valence electrons. The molecule has 21 heteroatoms. The number of carbonyl (C=O) groups is 3. The molecule has 18 nitrogen and oxygen atoms in total. The first-order chi connectivity index (χ1) is 34.2. The third kappa shape index (κ3) is 14.3. The van der Waals surface area contributed by atoms with Crippen LogP contribution in [0.1, 0.15) is 107 Å². The number of nitrogens with zero attached hydrogens (tertiary/aromatic N) is 4. The molecule has 3 amide bonds. The van der Waals surface area contributed by atoms with Crippen LogP contribution in [0, 0.1) is 56.0 Å². The number of benzene rings is 3. The van der Waals surface area contributed by atoms with Crippen LogP contribution in [0.25, 0.3) is 0 Å². The van der Waals surface area contributed by atoms with Gasteiger partial charge in [0.05, 0.1) is 52.1 Å². The number of amides is 3. The molecule has 71 heavy (non-hydrogen) atoms. The quantitative estimate of drug-likeness (QED) is 0.0344. The van der Waals surface area contributed by atoms with Crippen LogP contribution in [0.5, 0.6) is 11.5 Å². The van der Waals surface area contributed by atoms with E-state index in [1.165, 1.54) is 0 Å². The highest BCUT2D eigenvalue weighted by Crippen LogP contribution is 2.69. The zero-order chi connectivity index (χ0) is 51.7. The Morgan fingerprint density at radius 3 is 2.13 bits per heavy atom. The highest BCUT2D eigenvalue weighted by atomic mass is 35.5. The van der Waals surface area contributed by atoms with E-state index in [2.05, 4.69) is 15.0 Å². The minimum atomic E-state index is -0.877. The molecular formula is C50H66ClF2N5O13. The number of ether oxygens (including phenoxy) is 4. The summed E-state index contributed by atoms with van der Waals surface area (Å²) in [7, 11) is 1.60. The number of hydrogen-bond donors (Lipinski definition) is 1. The van der Waals surface area contributed by atoms with Gasteiger partial charge < -0.3 is 43.7 Å². The Kier molecular flexibility index (Phi) is 21.1. The first-order valence-corrected chi connectivity index (χ1v) is 24.7. The summed E-state index contributed by atoms with van der Waals surface area (Å²) in [6.45, 7) is 8.81. The molecule has 2 saturated carbocycles. The van der Waals surface area contributed by atoms with Gasteiger partial charge in [-0.25, -0.2) is 18.4 Å². The average Bonchev–Trinajstić information content (AvgIpc) is 3.80. The maximum atomic E-state index is 15.5. The number of unbranched alkanes of at least 4 members (excludes halogenated alkanes) is 2. The van der Waals surface area contributed by atoms with Crippen LogP contribution in [-0.2, 0) is 36.9 Å². The van der Waals surface area contributed by atoms with Gasteiger partial charge in [-0.3, -0.25) is 4.79 Å². The second-order valence-electron chi connectivity index (χ2n) is 17.8. The molecule has 3 fully saturated rings. The van der Waals surface area contributed by atoms with Crippen molar-refractivity contribution in [3.63, 3.8) is 0 Å². The predicted octanol–water partition coefficient (Wildman–Crippen LogP) is 9.80. The lowest BCUT2D eigenvalue weighted by molar-refractivity contribution is -0.757. The second-order valence-corrected chi connectivity index (χ2v) is 18.2. The van der Waals surface area contributed by atoms with E-state index in [1.807, 2.05) is 75.1 Å². The van der Waals surface area contributed by atoms with Gasteiger partial charge in [-0.15, -0.1) is 20.2 Å². The Labute approximate surface area is 417 Å². The van der Waals surface area contributed by atoms with E-state index >= 15 is 4.79 Å². The number of aryl methyl sites for hydroxylation is 2. The fourth-order valence-electron chi connectivity index (χ4n) is 10.5. The molecule has 3 aliphatic rings. The van der Waals surface area contributed by atoms with Gasteiger partial charge in [0.25, 0.3) is 10.2 Å². The van der Waals surface area contributed by atoms with Gasteiger partial charge in [-0.2, -0.15) is 0 Å². The zero-order valence-electron chi connectivity index (χ0n) is 41.0. The smallest absolute Gasteiger partial charge is 0.410 e. The van der Waals surface area contributed by atoms with Crippen molar-refractivity contribution in [3.8, 4) is 11.5 Å². The van der Waals surface area contributed by atoms with Gasteiger partial charge in [0.1, 0.15) is 16.6 Å². The molecule has 1 aliphatic heterocycles. The molecular weight excluding hydrogens is 952 g/mol. The zero-order valence-corrected chi connectivity index (χ0v) is 41.8. The normalized spacial score (nSPS) is 20.5.